The van der Waals surface area contributed by atoms with Crippen LogP contribution in [0.1, 0.15) is 21.7 Å². The van der Waals surface area contributed by atoms with Crippen LogP contribution in [0.5, 0.6) is 0 Å². The molecule has 2 heterocycles. The number of aromatic nitrogens is 3. The molecule has 3 rings (SSSR count). The van der Waals surface area contributed by atoms with Gasteiger partial charge in [0.05, 0.1) is 23.4 Å². The Morgan fingerprint density at radius 3 is 2.92 bits per heavy atom. The van der Waals surface area contributed by atoms with Crippen LogP contribution in [0.2, 0.25) is 5.02 Å². The van der Waals surface area contributed by atoms with E-state index in [1.807, 2.05) is 32.0 Å². The van der Waals surface area contributed by atoms with Crippen LogP contribution < -0.4 is 0 Å². The zero-order valence-electron chi connectivity index (χ0n) is 14.4. The van der Waals surface area contributed by atoms with E-state index >= 15 is 0 Å². The molecule has 0 unspecified atom stereocenters. The number of hydrogen-bond donors (Lipinski definition) is 1. The molecule has 25 heavy (non-hydrogen) atoms. The number of nitrogens with one attached hydrogen (secondary N) is 1. The summed E-state index contributed by atoms with van der Waals surface area (Å²) in [6.07, 6.45) is 0. The number of carbonyl (C=O) groups is 1. The number of rotatable bonds is 7. The second kappa shape index (κ2) is 7.64. The number of ketones is 1. The topological polar surface area (TPSA) is 59.9 Å². The molecule has 0 amide bonds. The van der Waals surface area contributed by atoms with E-state index in [0.717, 1.165) is 39.7 Å². The van der Waals surface area contributed by atoms with Gasteiger partial charge in [-0.25, -0.2) is 4.98 Å². The van der Waals surface area contributed by atoms with Gasteiger partial charge >= 0.3 is 0 Å². The number of hydrogen-bond acceptors (Lipinski definition) is 4. The number of thioether (sulfide) groups is 1. The lowest BCUT2D eigenvalue weighted by Crippen LogP contribution is -2.09. The number of nitrogens with zero attached hydrogens (tertiary/aromatic N) is 2. The predicted octanol–water partition coefficient (Wildman–Crippen LogP) is 4.26. The van der Waals surface area contributed by atoms with E-state index in [9.17, 15) is 4.79 Å². The number of halogens is 1. The Hall–Kier alpha value is -1.76. The van der Waals surface area contributed by atoms with Crippen molar-refractivity contribution >= 4 is 40.2 Å². The monoisotopic (exact) mass is 377 g/mol. The molecule has 132 valence electrons. The summed E-state index contributed by atoms with van der Waals surface area (Å²) in [6, 6.07) is 7.45. The highest BCUT2D eigenvalue weighted by atomic mass is 35.5. The molecule has 0 saturated carbocycles. The smallest absolute Gasteiger partial charge is 0.175 e. The van der Waals surface area contributed by atoms with Crippen LogP contribution in [0.3, 0.4) is 0 Å². The van der Waals surface area contributed by atoms with E-state index in [1.165, 1.54) is 11.8 Å². The van der Waals surface area contributed by atoms with Gasteiger partial charge in [-0.1, -0.05) is 23.4 Å². The summed E-state index contributed by atoms with van der Waals surface area (Å²) in [5, 5.41) is 1.38. The molecule has 0 bridgehead atoms. The normalized spacial score (nSPS) is 11.4. The van der Waals surface area contributed by atoms with Crippen molar-refractivity contribution in [3.63, 3.8) is 0 Å². The molecule has 3 aromatic rings. The van der Waals surface area contributed by atoms with E-state index in [0.29, 0.717) is 17.4 Å². The molecule has 2 aromatic heterocycles. The van der Waals surface area contributed by atoms with Gasteiger partial charge in [0.2, 0.25) is 0 Å². The Bertz CT molecular complexity index is 917. The molecule has 5 nitrogen and oxygen atoms in total. The highest BCUT2D eigenvalue weighted by molar-refractivity contribution is 7.99. The summed E-state index contributed by atoms with van der Waals surface area (Å²) in [4.78, 5) is 20.3. The lowest BCUT2D eigenvalue weighted by Gasteiger charge is -2.08. The molecule has 0 aliphatic heterocycles. The highest BCUT2D eigenvalue weighted by Gasteiger charge is 2.16. The Morgan fingerprint density at radius 1 is 1.36 bits per heavy atom. The van der Waals surface area contributed by atoms with Crippen molar-refractivity contribution in [3.05, 3.63) is 46.2 Å². The summed E-state index contributed by atoms with van der Waals surface area (Å²) in [5.41, 5.74) is 4.54. The number of aryl methyl sites for hydroxylation is 1. The molecule has 0 radical (unpaired) electrons. The van der Waals surface area contributed by atoms with Gasteiger partial charge in [-0.15, -0.1) is 0 Å². The Labute approximate surface area is 155 Å². The Kier molecular flexibility index (Phi) is 5.51. The van der Waals surface area contributed by atoms with Gasteiger partial charge < -0.3 is 14.3 Å². The molecule has 0 atom stereocenters. The van der Waals surface area contributed by atoms with Crippen molar-refractivity contribution in [3.8, 4) is 0 Å². The van der Waals surface area contributed by atoms with Gasteiger partial charge in [-0.3, -0.25) is 4.79 Å². The second-order valence-electron chi connectivity index (χ2n) is 5.84. The van der Waals surface area contributed by atoms with E-state index in [2.05, 4.69) is 14.5 Å². The third-order valence-electron chi connectivity index (χ3n) is 4.16. The minimum atomic E-state index is 0.0975. The minimum Gasteiger partial charge on any atom is -0.383 e. The Balaban J connectivity index is 1.71. The van der Waals surface area contributed by atoms with Crippen LogP contribution in [-0.4, -0.2) is 39.8 Å². The quantitative estimate of drug-likeness (QED) is 0.493. The molecule has 0 spiro atoms. The van der Waals surface area contributed by atoms with Crippen LogP contribution >= 0.6 is 23.4 Å². The van der Waals surface area contributed by atoms with Crippen LogP contribution in [0.4, 0.5) is 0 Å². The first-order chi connectivity index (χ1) is 12.0. The largest absolute Gasteiger partial charge is 0.383 e. The average Bonchev–Trinajstić information content (AvgIpc) is 3.11. The third-order valence-corrected chi connectivity index (χ3v) is 5.26. The molecule has 0 aliphatic rings. The van der Waals surface area contributed by atoms with Gasteiger partial charge in [0.15, 0.2) is 10.9 Å². The molecule has 1 aromatic carbocycles. The van der Waals surface area contributed by atoms with E-state index < -0.39 is 0 Å². The van der Waals surface area contributed by atoms with Gasteiger partial charge in [0, 0.05) is 35.6 Å². The third kappa shape index (κ3) is 3.92. The van der Waals surface area contributed by atoms with Crippen molar-refractivity contribution in [2.24, 2.45) is 0 Å². The zero-order valence-corrected chi connectivity index (χ0v) is 16.0. The zero-order chi connectivity index (χ0) is 18.0. The summed E-state index contributed by atoms with van der Waals surface area (Å²) >= 11 is 7.39. The van der Waals surface area contributed by atoms with Crippen LogP contribution in [0.15, 0.2) is 29.4 Å². The lowest BCUT2D eigenvalue weighted by atomic mass is 10.2. The highest BCUT2D eigenvalue weighted by Crippen LogP contribution is 2.24. The van der Waals surface area contributed by atoms with Gasteiger partial charge in [-0.2, -0.15) is 0 Å². The summed E-state index contributed by atoms with van der Waals surface area (Å²) < 4.78 is 7.25. The molecule has 0 aliphatic carbocycles. The maximum absolute atomic E-state index is 12.6. The summed E-state index contributed by atoms with van der Waals surface area (Å²) in [7, 11) is 1.68. The van der Waals surface area contributed by atoms with Crippen LogP contribution in [0.25, 0.3) is 11.0 Å². The number of methoxy groups -OCH3 is 1. The fourth-order valence-corrected chi connectivity index (χ4v) is 3.79. The van der Waals surface area contributed by atoms with E-state index in [4.69, 9.17) is 16.3 Å². The number of H-pyrrole nitrogens is 1. The number of benzene rings is 1. The number of carbonyl (C=O) groups excluding carboxylic acids is 1. The average molecular weight is 378 g/mol. The SMILES string of the molecule is COCCn1c(C)cc(C(=O)CSc2nc3ccc(Cl)cc3[nH]2)c1C. The number of aromatic amines is 1. The molecule has 0 saturated heterocycles. The first-order valence-electron chi connectivity index (χ1n) is 7.96. The Morgan fingerprint density at radius 2 is 2.16 bits per heavy atom. The van der Waals surface area contributed by atoms with Gasteiger partial charge in [-0.05, 0) is 38.1 Å². The molecular formula is C18H20ClN3O2S. The maximum Gasteiger partial charge on any atom is 0.175 e. The van der Waals surface area contributed by atoms with Crippen molar-refractivity contribution in [2.45, 2.75) is 25.5 Å². The maximum atomic E-state index is 12.6. The summed E-state index contributed by atoms with van der Waals surface area (Å²) in [5.74, 6) is 0.433. The van der Waals surface area contributed by atoms with Gasteiger partial charge in [0.1, 0.15) is 0 Å². The molecule has 0 fully saturated rings. The molecular weight excluding hydrogens is 358 g/mol. The summed E-state index contributed by atoms with van der Waals surface area (Å²) in [6.45, 7) is 5.36. The minimum absolute atomic E-state index is 0.0975. The fraction of sp³-hybridized carbons (Fsp3) is 0.333. The molecule has 7 heteroatoms. The lowest BCUT2D eigenvalue weighted by molar-refractivity contribution is 0.102. The van der Waals surface area contributed by atoms with Crippen molar-refractivity contribution in [2.75, 3.05) is 19.5 Å². The number of imidazole rings is 1. The number of Topliss-reactive ketones (excluding diaryl/α,β-unsaturated/α-hetero) is 1. The van der Waals surface area contributed by atoms with Crippen LogP contribution in [0, 0.1) is 13.8 Å². The number of fused-ring (bicyclic) bond motifs is 1. The standard InChI is InChI=1S/C18H20ClN3O2S/c1-11-8-14(12(2)22(11)6-7-24-3)17(23)10-25-18-20-15-5-4-13(19)9-16(15)21-18/h4-5,8-9H,6-7,10H2,1-3H3,(H,20,21). The van der Waals surface area contributed by atoms with Crippen molar-refractivity contribution in [1.82, 2.24) is 14.5 Å². The number of ether oxygens (including phenoxy) is 1. The van der Waals surface area contributed by atoms with Crippen molar-refractivity contribution < 1.29 is 9.53 Å². The van der Waals surface area contributed by atoms with Crippen molar-refractivity contribution in [1.29, 1.82) is 0 Å². The first-order valence-corrected chi connectivity index (χ1v) is 9.33. The fourth-order valence-electron chi connectivity index (χ4n) is 2.85. The van der Waals surface area contributed by atoms with Gasteiger partial charge in [0.25, 0.3) is 0 Å². The molecule has 1 N–H and O–H groups in total. The second-order valence-corrected chi connectivity index (χ2v) is 7.25. The predicted molar refractivity (Wildman–Crippen MR) is 102 cm³/mol. The van der Waals surface area contributed by atoms with E-state index in [-0.39, 0.29) is 5.78 Å². The van der Waals surface area contributed by atoms with E-state index in [1.54, 1.807) is 13.2 Å². The van der Waals surface area contributed by atoms with Crippen LogP contribution in [-0.2, 0) is 11.3 Å². The first kappa shape index (κ1) is 18.0.